The number of methoxy groups -OCH3 is 2. The van der Waals surface area contributed by atoms with Crippen molar-refractivity contribution in [2.45, 2.75) is 112 Å². The molecule has 0 saturated heterocycles. The molecule has 0 aromatic heterocycles. The molecule has 0 aliphatic heterocycles. The van der Waals surface area contributed by atoms with Gasteiger partial charge in [0.05, 0.1) is 57.3 Å². The third kappa shape index (κ3) is 29.6. The summed E-state index contributed by atoms with van der Waals surface area (Å²) in [7, 11) is -2.04. The number of hydrogen-bond acceptors (Lipinski definition) is 16. The predicted molar refractivity (Wildman–Crippen MR) is 293 cm³/mol. The molecule has 0 spiro atoms. The zero-order valence-electron chi connectivity index (χ0n) is 45.2. The second-order valence-corrected chi connectivity index (χ2v) is 19.8. The summed E-state index contributed by atoms with van der Waals surface area (Å²) in [6.45, 7) is 25.4. The van der Waals surface area contributed by atoms with Crippen molar-refractivity contribution in [2.24, 2.45) is 0 Å². The molecule has 0 heterocycles. The summed E-state index contributed by atoms with van der Waals surface area (Å²) in [4.78, 5) is 66.3. The van der Waals surface area contributed by atoms with Gasteiger partial charge in [0.2, 0.25) is 0 Å². The van der Waals surface area contributed by atoms with E-state index in [-0.39, 0.29) is 90.3 Å². The zero-order valence-corrected chi connectivity index (χ0v) is 49.7. The van der Waals surface area contributed by atoms with Crippen LogP contribution in [0.15, 0.2) is 72.8 Å². The normalized spacial score (nSPS) is 10.4. The number of hydrogen-bond donors (Lipinski definition) is 5. The maximum absolute atomic E-state index is 11.6. The number of nitrogens with two attached hydrogens (primary N) is 1. The Bertz CT molecular complexity index is 2680. The Labute approximate surface area is 467 Å². The van der Waals surface area contributed by atoms with Crippen LogP contribution in [0.2, 0.25) is 0 Å². The molecule has 4 aromatic rings. The first-order chi connectivity index (χ1) is 33.1. The Morgan fingerprint density at radius 2 is 0.867 bits per heavy atom. The Morgan fingerprint density at radius 3 is 1.13 bits per heavy atom. The van der Waals surface area contributed by atoms with E-state index >= 15 is 0 Å². The molecule has 0 radical (unpaired) electrons. The monoisotopic (exact) mass is 1280 g/mol. The van der Waals surface area contributed by atoms with Crippen molar-refractivity contribution in [3.05, 3.63) is 155 Å². The van der Waals surface area contributed by atoms with Crippen LogP contribution in [0.5, 0.6) is 0 Å². The molecule has 0 aliphatic rings. The smallest absolute Gasteiger partial charge is 0.394 e. The van der Waals surface area contributed by atoms with Gasteiger partial charge in [0.1, 0.15) is 0 Å². The van der Waals surface area contributed by atoms with Gasteiger partial charge in [-0.25, -0.2) is 14.4 Å². The van der Waals surface area contributed by atoms with E-state index in [1.54, 1.807) is 31.2 Å². The maximum atomic E-state index is 11.6. The van der Waals surface area contributed by atoms with Crippen LogP contribution in [0, 0.1) is 49.1 Å². The van der Waals surface area contributed by atoms with E-state index in [1.807, 2.05) is 100 Å². The van der Waals surface area contributed by atoms with E-state index in [2.05, 4.69) is 27.3 Å². The number of ether oxygens (including phenoxy) is 2. The van der Waals surface area contributed by atoms with Gasteiger partial charge in [0.25, 0.3) is 17.1 Å². The number of nitrogen functional groups attached to an aromatic ring is 1. The number of esters is 2. The first kappa shape index (κ1) is 77.9. The van der Waals surface area contributed by atoms with E-state index in [0.29, 0.717) is 22.4 Å². The number of carbonyl (C=O) groups excluding carboxylic acids is 2. The number of anilines is 1. The number of benzene rings is 4. The fraction of sp³-hybridized carbons (Fsp3) is 0.420. The Balaban J connectivity index is -0.000000271. The van der Waals surface area contributed by atoms with Crippen molar-refractivity contribution >= 4 is 73.6 Å². The standard InChI is InChI=1S/C12H15NO4.C12H17NO2.C11H12N2O2.C11H13NO4.C2H6O.CH3I.CH3.H2O4S.Pd/c1-12(2,3)10-6-5-8(13(15)16)7-9(10)11(14)17-4;1-12(2,3)10-6-5-8(13)7-9(10)11(14)15-4;1-11(2,3)10-5-4-9(13(14)15)6-8(10)7-12;1-11(2,3)9-5-4-7(12(15)16)6-8(9)10(13)14;1-2-3;1-2;;1-5(2,3)4;/h5-7H,1-4H3;5-7H,13H2,1-4H3;4-6H,1-3H3;4-6H,1-3H3,(H,13,14);3H,2H2,1H3;1H3;1H3;(H2,1,2,3,4);/q;;;;;;-1;;. The van der Waals surface area contributed by atoms with Crippen LogP contribution >= 0.6 is 22.6 Å². The number of nitro benzene ring substituents is 3. The molecule has 22 nitrogen and oxygen atoms in total. The molecule has 4 rings (SSSR count). The van der Waals surface area contributed by atoms with E-state index in [0.717, 1.165) is 22.8 Å². The van der Waals surface area contributed by atoms with Crippen LogP contribution in [0.4, 0.5) is 22.7 Å². The molecule has 0 saturated carbocycles. The fourth-order valence-corrected chi connectivity index (χ4v) is 5.94. The minimum atomic E-state index is -4.67. The van der Waals surface area contributed by atoms with Gasteiger partial charge in [-0.2, -0.15) is 13.7 Å². The number of aromatic carboxylic acids is 1. The topological polar surface area (TPSA) is 364 Å². The average molecular weight is 1280 g/mol. The minimum Gasteiger partial charge on any atom is -0.478 e. The van der Waals surface area contributed by atoms with E-state index < -0.39 is 37.1 Å². The SMILES string of the molecule is CC(C)(C)c1ccc([N+](=O)[O-])cc1C#N.CC(C)(C)c1ccc([N+](=O)[O-])cc1C(=O)O.CCO.CI.COC(=O)c1cc(N)ccc1C(C)(C)C.COC(=O)c1cc([N+](=O)[O-])ccc1C(C)(C)C.O=S(=O)(O)O.[CH3-].[Pd]. The van der Waals surface area contributed by atoms with Crippen molar-refractivity contribution in [2.75, 3.05) is 31.5 Å². The van der Waals surface area contributed by atoms with E-state index in [4.69, 9.17) is 43.5 Å². The van der Waals surface area contributed by atoms with Gasteiger partial charge in [-0.15, -0.1) is 0 Å². The molecule has 0 unspecified atom stereocenters. The van der Waals surface area contributed by atoms with Gasteiger partial charge in [-0.1, -0.05) is 130 Å². The molecule has 75 heavy (non-hydrogen) atoms. The van der Waals surface area contributed by atoms with E-state index in [1.165, 1.54) is 50.6 Å². The molecule has 6 N–H and O–H groups in total. The predicted octanol–water partition coefficient (Wildman–Crippen LogP) is 11.2. The van der Waals surface area contributed by atoms with Crippen molar-refractivity contribution in [3.8, 4) is 6.07 Å². The van der Waals surface area contributed by atoms with Gasteiger partial charge >= 0.3 is 28.3 Å². The first-order valence-corrected chi connectivity index (χ1v) is 24.9. The number of rotatable bonds is 6. The third-order valence-corrected chi connectivity index (χ3v) is 9.08. The molecular weight excluding hydrogens is 1210 g/mol. The van der Waals surface area contributed by atoms with Crippen LogP contribution in [-0.2, 0) is 62.0 Å². The average Bonchev–Trinajstić information content (AvgIpc) is 3.27. The van der Waals surface area contributed by atoms with Crippen molar-refractivity contribution in [3.63, 3.8) is 0 Å². The number of nitrogens with zero attached hydrogens (tertiary/aromatic N) is 4. The summed E-state index contributed by atoms with van der Waals surface area (Å²) in [5, 5.41) is 57.3. The molecule has 4 aromatic carbocycles. The van der Waals surface area contributed by atoms with Gasteiger partial charge in [-0.3, -0.25) is 39.4 Å². The molecule has 0 atom stereocenters. The number of carbonyl (C=O) groups is 3. The number of carboxylic acid groups (broad SMARTS) is 1. The first-order valence-electron chi connectivity index (χ1n) is 21.4. The summed E-state index contributed by atoms with van der Waals surface area (Å²) in [5.74, 6) is -2.04. The van der Waals surface area contributed by atoms with Crippen molar-refractivity contribution in [1.82, 2.24) is 0 Å². The number of alkyl halides is 1. The minimum absolute atomic E-state index is 0. The van der Waals surface area contributed by atoms with Crippen molar-refractivity contribution < 1.29 is 86.8 Å². The van der Waals surface area contributed by atoms with E-state index in [9.17, 15) is 44.7 Å². The summed E-state index contributed by atoms with van der Waals surface area (Å²) < 4.78 is 41.0. The largest absolute Gasteiger partial charge is 0.478 e. The second-order valence-electron chi connectivity index (χ2n) is 18.9. The quantitative estimate of drug-likeness (QED) is 0.0138. The Hall–Kier alpha value is -6.00. The van der Waals surface area contributed by atoms with Crippen molar-refractivity contribution in [1.29, 1.82) is 5.26 Å². The third-order valence-electron chi connectivity index (χ3n) is 9.08. The van der Waals surface area contributed by atoms with Crippen LogP contribution in [0.1, 0.15) is 149 Å². The Kier molecular flexibility index (Phi) is 35.9. The zero-order chi connectivity index (χ0) is 58.2. The van der Waals surface area contributed by atoms with Gasteiger partial charge in [0, 0.05) is 69.1 Å². The summed E-state index contributed by atoms with van der Waals surface area (Å²) in [5.41, 5.74) is 9.20. The maximum Gasteiger partial charge on any atom is 0.394 e. The van der Waals surface area contributed by atoms with Crippen LogP contribution in [-0.4, -0.2) is 86.2 Å². The second kappa shape index (κ2) is 34.5. The van der Waals surface area contributed by atoms with Crippen LogP contribution in [0.3, 0.4) is 0 Å². The van der Waals surface area contributed by atoms with Gasteiger partial charge < -0.3 is 32.8 Å². The number of halogens is 1. The van der Waals surface area contributed by atoms with Gasteiger partial charge in [0.15, 0.2) is 0 Å². The molecule has 0 aliphatic carbocycles. The number of aliphatic hydroxyl groups excluding tert-OH is 1. The fourth-order valence-electron chi connectivity index (χ4n) is 5.94. The summed E-state index contributed by atoms with van der Waals surface area (Å²) in [6, 6.07) is 19.9. The van der Waals surface area contributed by atoms with Gasteiger partial charge in [-0.05, 0) is 67.9 Å². The molecule has 0 amide bonds. The number of nitro groups is 3. The molecule has 25 heteroatoms. The van der Waals surface area contributed by atoms with Crippen LogP contribution in [0.25, 0.3) is 0 Å². The Morgan fingerprint density at radius 1 is 0.613 bits per heavy atom. The molecular formula is C50H71IN5O17PdS-. The molecule has 0 bridgehead atoms. The summed E-state index contributed by atoms with van der Waals surface area (Å²) >= 11 is 2.15. The van der Waals surface area contributed by atoms with Crippen LogP contribution < -0.4 is 5.73 Å². The number of aliphatic hydroxyl groups is 1. The number of non-ortho nitro benzene ring substituents is 3. The molecule has 0 fully saturated rings. The molecule has 422 valence electrons. The number of nitriles is 1. The summed E-state index contributed by atoms with van der Waals surface area (Å²) in [6.07, 6.45) is 0. The number of carboxylic acids is 1.